The number of hydrogen-bond acceptors (Lipinski definition) is 5. The van der Waals surface area contributed by atoms with Crippen LogP contribution >= 0.6 is 0 Å². The summed E-state index contributed by atoms with van der Waals surface area (Å²) in [5.41, 5.74) is 1.76. The number of amides is 3. The molecule has 0 radical (unpaired) electrons. The maximum absolute atomic E-state index is 13.7. The van der Waals surface area contributed by atoms with Gasteiger partial charge in [-0.15, -0.1) is 0 Å². The minimum atomic E-state index is -1.14. The Morgan fingerprint density at radius 2 is 1.91 bits per heavy atom. The minimum Gasteiger partial charge on any atom is -0.383 e. The predicted molar refractivity (Wildman–Crippen MR) is 131 cm³/mol. The highest BCUT2D eigenvalue weighted by molar-refractivity contribution is 6.02. The monoisotopic (exact) mass is 481 g/mol. The summed E-state index contributed by atoms with van der Waals surface area (Å²) in [6, 6.07) is 5.04. The lowest BCUT2D eigenvalue weighted by Gasteiger charge is -2.34. The summed E-state index contributed by atoms with van der Waals surface area (Å²) in [7, 11) is 1.57. The van der Waals surface area contributed by atoms with Crippen molar-refractivity contribution in [2.45, 2.75) is 69.7 Å². The maximum atomic E-state index is 13.7. The number of ether oxygens (including phenoxy) is 2. The van der Waals surface area contributed by atoms with Gasteiger partial charge in [0, 0.05) is 25.4 Å². The van der Waals surface area contributed by atoms with E-state index < -0.39 is 29.6 Å². The van der Waals surface area contributed by atoms with Crippen LogP contribution in [0.2, 0.25) is 0 Å². The minimum absolute atomic E-state index is 0.109. The molecule has 5 atom stereocenters. The Morgan fingerprint density at radius 1 is 1.14 bits per heavy atom. The van der Waals surface area contributed by atoms with Crippen LogP contribution in [0.5, 0.6) is 0 Å². The molecule has 1 aromatic rings. The number of nitrogens with zero attached hydrogens (tertiary/aromatic N) is 1. The Bertz CT molecular complexity index is 1050. The third kappa shape index (κ3) is 4.06. The molecule has 2 N–H and O–H groups in total. The lowest BCUT2D eigenvalue weighted by Crippen LogP contribution is -2.57. The van der Waals surface area contributed by atoms with Crippen molar-refractivity contribution in [3.8, 4) is 0 Å². The van der Waals surface area contributed by atoms with Crippen LogP contribution in [0, 0.1) is 25.7 Å². The molecule has 0 aromatic heterocycles. The van der Waals surface area contributed by atoms with Crippen molar-refractivity contribution >= 4 is 23.4 Å². The molecule has 2 bridgehead atoms. The summed E-state index contributed by atoms with van der Waals surface area (Å²) < 4.78 is 11.6. The van der Waals surface area contributed by atoms with E-state index in [4.69, 9.17) is 9.47 Å². The van der Waals surface area contributed by atoms with E-state index in [1.165, 1.54) is 6.42 Å². The molecule has 5 rings (SSSR count). The number of aryl methyl sites for hydroxylation is 2. The van der Waals surface area contributed by atoms with Crippen molar-refractivity contribution in [2.24, 2.45) is 11.8 Å². The standard InChI is InChI=1S/C27H35N3O5/c1-16-9-10-19(15-17(16)2)29-24(31)21-20-11-12-27(35-20)22(21)26(33)30(13-14-34-3)23(27)25(32)28-18-7-5-4-6-8-18/h9-12,15,18,20-23H,4-8,13-14H2,1-3H3,(H,28,32)(H,29,31)/t20-,21?,22-,23?,27?/m1/s1. The summed E-state index contributed by atoms with van der Waals surface area (Å²) >= 11 is 0. The number of benzene rings is 1. The zero-order valence-corrected chi connectivity index (χ0v) is 20.7. The van der Waals surface area contributed by atoms with Crippen molar-refractivity contribution in [1.82, 2.24) is 10.2 Å². The Hall–Kier alpha value is -2.71. The summed E-state index contributed by atoms with van der Waals surface area (Å²) in [6.07, 6.45) is 8.41. The first-order chi connectivity index (χ1) is 16.9. The van der Waals surface area contributed by atoms with E-state index in [1.807, 2.05) is 44.2 Å². The molecule has 4 aliphatic rings. The Balaban J connectivity index is 1.42. The number of fused-ring (bicyclic) bond motifs is 1. The van der Waals surface area contributed by atoms with Gasteiger partial charge >= 0.3 is 0 Å². The van der Waals surface area contributed by atoms with Crippen molar-refractivity contribution in [1.29, 1.82) is 0 Å². The molecule has 3 heterocycles. The second-order valence-corrected chi connectivity index (χ2v) is 10.4. The van der Waals surface area contributed by atoms with Gasteiger partial charge in [0.25, 0.3) is 0 Å². The normalized spacial score (nSPS) is 31.6. The van der Waals surface area contributed by atoms with Gasteiger partial charge in [-0.05, 0) is 49.9 Å². The Labute approximate surface area is 206 Å². The van der Waals surface area contributed by atoms with E-state index in [-0.39, 0.29) is 30.3 Å². The molecule has 1 spiro atoms. The van der Waals surface area contributed by atoms with Gasteiger partial charge in [-0.2, -0.15) is 0 Å². The summed E-state index contributed by atoms with van der Waals surface area (Å²) in [4.78, 5) is 42.4. The fraction of sp³-hybridized carbons (Fsp3) is 0.593. The second kappa shape index (κ2) is 9.39. The van der Waals surface area contributed by atoms with Gasteiger partial charge in [0.15, 0.2) is 0 Å². The third-order valence-corrected chi connectivity index (χ3v) is 8.19. The molecule has 3 amide bonds. The van der Waals surface area contributed by atoms with Crippen molar-refractivity contribution < 1.29 is 23.9 Å². The van der Waals surface area contributed by atoms with E-state index in [0.29, 0.717) is 12.3 Å². The van der Waals surface area contributed by atoms with Crippen LogP contribution in [0.25, 0.3) is 0 Å². The molecule has 3 unspecified atom stereocenters. The van der Waals surface area contributed by atoms with Crippen LogP contribution in [-0.4, -0.2) is 66.7 Å². The average Bonchev–Trinajstić information content (AvgIpc) is 3.48. The first-order valence-corrected chi connectivity index (χ1v) is 12.7. The fourth-order valence-electron chi connectivity index (χ4n) is 6.27. The quantitative estimate of drug-likeness (QED) is 0.584. The molecule has 1 saturated carbocycles. The van der Waals surface area contributed by atoms with Gasteiger partial charge in [-0.1, -0.05) is 37.5 Å². The number of methoxy groups -OCH3 is 1. The third-order valence-electron chi connectivity index (χ3n) is 8.19. The van der Waals surface area contributed by atoms with Gasteiger partial charge in [0.05, 0.1) is 24.5 Å². The van der Waals surface area contributed by atoms with E-state index in [9.17, 15) is 14.4 Å². The Morgan fingerprint density at radius 3 is 2.63 bits per heavy atom. The number of likely N-dealkylation sites (tertiary alicyclic amines) is 1. The number of carbonyl (C=O) groups excluding carboxylic acids is 3. The lowest BCUT2D eigenvalue weighted by molar-refractivity contribution is -0.142. The highest BCUT2D eigenvalue weighted by Crippen LogP contribution is 2.55. The second-order valence-electron chi connectivity index (χ2n) is 10.4. The largest absolute Gasteiger partial charge is 0.383 e. The molecule has 35 heavy (non-hydrogen) atoms. The summed E-state index contributed by atoms with van der Waals surface area (Å²) in [6.45, 7) is 4.58. The predicted octanol–water partition coefficient (Wildman–Crippen LogP) is 2.49. The van der Waals surface area contributed by atoms with Crippen molar-refractivity contribution in [3.63, 3.8) is 0 Å². The number of anilines is 1. The van der Waals surface area contributed by atoms with E-state index in [2.05, 4.69) is 10.6 Å². The van der Waals surface area contributed by atoms with Gasteiger partial charge < -0.3 is 25.0 Å². The summed E-state index contributed by atoms with van der Waals surface area (Å²) in [5, 5.41) is 6.17. The molecule has 3 fully saturated rings. The average molecular weight is 482 g/mol. The number of carbonyl (C=O) groups is 3. The highest BCUT2D eigenvalue weighted by atomic mass is 16.5. The van der Waals surface area contributed by atoms with Crippen LogP contribution in [0.4, 0.5) is 5.69 Å². The van der Waals surface area contributed by atoms with Crippen molar-refractivity contribution in [2.75, 3.05) is 25.6 Å². The van der Waals surface area contributed by atoms with Gasteiger partial charge in [0.1, 0.15) is 11.6 Å². The highest BCUT2D eigenvalue weighted by Gasteiger charge is 2.72. The van der Waals surface area contributed by atoms with Gasteiger partial charge in [-0.25, -0.2) is 0 Å². The molecular formula is C27H35N3O5. The topological polar surface area (TPSA) is 97.0 Å². The molecular weight excluding hydrogens is 446 g/mol. The first kappa shape index (κ1) is 24.0. The molecule has 1 aromatic carbocycles. The van der Waals surface area contributed by atoms with Gasteiger partial charge in [-0.3, -0.25) is 14.4 Å². The maximum Gasteiger partial charge on any atom is 0.246 e. The SMILES string of the molecule is COCCN1C(=O)[C@H]2C(C(=O)Nc3ccc(C)c(C)c3)[C@H]3C=CC2(O3)C1C(=O)NC1CCCCC1. The number of hydrogen-bond donors (Lipinski definition) is 2. The number of rotatable bonds is 7. The van der Waals surface area contributed by atoms with Crippen molar-refractivity contribution in [3.05, 3.63) is 41.5 Å². The molecule has 188 valence electrons. The molecule has 8 heteroatoms. The first-order valence-electron chi connectivity index (χ1n) is 12.7. The lowest BCUT2D eigenvalue weighted by atomic mass is 9.74. The van der Waals surface area contributed by atoms with Crippen LogP contribution in [0.1, 0.15) is 43.2 Å². The molecule has 8 nitrogen and oxygen atoms in total. The van der Waals surface area contributed by atoms with Crippen LogP contribution < -0.4 is 10.6 Å². The number of nitrogens with one attached hydrogen (secondary N) is 2. The van der Waals surface area contributed by atoms with Crippen LogP contribution in [0.3, 0.4) is 0 Å². The zero-order chi connectivity index (χ0) is 24.7. The molecule has 3 aliphatic heterocycles. The van der Waals surface area contributed by atoms with E-state index >= 15 is 0 Å². The molecule has 1 aliphatic carbocycles. The van der Waals surface area contributed by atoms with E-state index in [0.717, 1.165) is 36.8 Å². The van der Waals surface area contributed by atoms with Crippen LogP contribution in [-0.2, 0) is 23.9 Å². The Kier molecular flexibility index (Phi) is 6.44. The smallest absolute Gasteiger partial charge is 0.246 e. The summed E-state index contributed by atoms with van der Waals surface area (Å²) in [5.74, 6) is -2.14. The van der Waals surface area contributed by atoms with Crippen LogP contribution in [0.15, 0.2) is 30.4 Å². The van der Waals surface area contributed by atoms with Gasteiger partial charge in [0.2, 0.25) is 17.7 Å². The molecule has 2 saturated heterocycles. The zero-order valence-electron chi connectivity index (χ0n) is 20.7. The fourth-order valence-corrected chi connectivity index (χ4v) is 6.27. The van der Waals surface area contributed by atoms with E-state index in [1.54, 1.807) is 12.0 Å².